The number of hydrogen-bond acceptors (Lipinski definition) is 3. The van der Waals surface area contributed by atoms with E-state index in [9.17, 15) is 0 Å². The average Bonchev–Trinajstić information content (AvgIpc) is 2.72. The van der Waals surface area contributed by atoms with Crippen molar-refractivity contribution in [3.05, 3.63) is 51.7 Å². The fraction of sp³-hybridized carbons (Fsp3) is 0.286. The minimum atomic E-state index is 0.131. The predicted molar refractivity (Wildman–Crippen MR) is 77.9 cm³/mol. The van der Waals surface area contributed by atoms with Gasteiger partial charge < -0.3 is 5.73 Å². The number of rotatable bonds is 4. The molecule has 17 heavy (non-hydrogen) atoms. The van der Waals surface area contributed by atoms with Crippen LogP contribution in [0.5, 0.6) is 0 Å². The van der Waals surface area contributed by atoms with Crippen LogP contribution in [-0.2, 0) is 0 Å². The second-order valence-electron chi connectivity index (χ2n) is 4.17. The maximum absolute atomic E-state index is 6.21. The molecule has 0 aliphatic carbocycles. The number of aryl methyl sites for hydroxylation is 2. The standard InChI is InChI=1S/C14H17NS2/c1-10-4-3-5-12(8-10)17-9-14(15)13-6-7-16-11(13)2/h3-8,14H,9,15H2,1-2H3. The van der Waals surface area contributed by atoms with Gasteiger partial charge in [-0.1, -0.05) is 17.7 Å². The summed E-state index contributed by atoms with van der Waals surface area (Å²) in [4.78, 5) is 2.63. The molecule has 0 saturated carbocycles. The molecule has 1 aromatic carbocycles. The summed E-state index contributed by atoms with van der Waals surface area (Å²) in [5, 5.41) is 2.11. The van der Waals surface area contributed by atoms with E-state index in [1.165, 1.54) is 20.9 Å². The molecular formula is C14H17NS2. The quantitative estimate of drug-likeness (QED) is 0.838. The van der Waals surface area contributed by atoms with Crippen molar-refractivity contribution in [2.45, 2.75) is 24.8 Å². The Morgan fingerprint density at radius 1 is 1.29 bits per heavy atom. The lowest BCUT2D eigenvalue weighted by Crippen LogP contribution is -2.12. The van der Waals surface area contributed by atoms with Crippen LogP contribution in [0.25, 0.3) is 0 Å². The Morgan fingerprint density at radius 3 is 2.76 bits per heavy atom. The van der Waals surface area contributed by atoms with Crippen LogP contribution in [0, 0.1) is 13.8 Å². The average molecular weight is 263 g/mol. The van der Waals surface area contributed by atoms with Gasteiger partial charge in [-0.15, -0.1) is 23.1 Å². The molecule has 3 heteroatoms. The van der Waals surface area contributed by atoms with Gasteiger partial charge in [0.15, 0.2) is 0 Å². The molecule has 0 amide bonds. The van der Waals surface area contributed by atoms with Gasteiger partial charge in [-0.05, 0) is 43.0 Å². The summed E-state index contributed by atoms with van der Waals surface area (Å²) in [6.07, 6.45) is 0. The smallest absolute Gasteiger partial charge is 0.0401 e. The highest BCUT2D eigenvalue weighted by Crippen LogP contribution is 2.27. The third-order valence-corrected chi connectivity index (χ3v) is 4.69. The van der Waals surface area contributed by atoms with Crippen LogP contribution in [0.1, 0.15) is 22.0 Å². The zero-order chi connectivity index (χ0) is 12.3. The fourth-order valence-corrected chi connectivity index (χ4v) is 3.53. The summed E-state index contributed by atoms with van der Waals surface area (Å²) >= 11 is 3.60. The lowest BCUT2D eigenvalue weighted by Gasteiger charge is -2.11. The van der Waals surface area contributed by atoms with E-state index in [2.05, 4.69) is 49.6 Å². The number of nitrogens with two attached hydrogens (primary N) is 1. The molecule has 2 N–H and O–H groups in total. The maximum Gasteiger partial charge on any atom is 0.0401 e. The third-order valence-electron chi connectivity index (χ3n) is 2.72. The monoisotopic (exact) mass is 263 g/mol. The molecule has 1 unspecified atom stereocenters. The van der Waals surface area contributed by atoms with Crippen LogP contribution in [0.3, 0.4) is 0 Å². The molecule has 0 fully saturated rings. The summed E-state index contributed by atoms with van der Waals surface area (Å²) in [7, 11) is 0. The van der Waals surface area contributed by atoms with Gasteiger partial charge in [-0.25, -0.2) is 0 Å². The molecule has 0 aliphatic heterocycles. The fourth-order valence-electron chi connectivity index (χ4n) is 1.76. The van der Waals surface area contributed by atoms with Crippen molar-refractivity contribution >= 4 is 23.1 Å². The zero-order valence-corrected chi connectivity index (χ0v) is 11.8. The molecular weight excluding hydrogens is 246 g/mol. The van der Waals surface area contributed by atoms with Gasteiger partial charge >= 0.3 is 0 Å². The molecule has 0 aliphatic rings. The van der Waals surface area contributed by atoms with E-state index in [1.807, 2.05) is 11.8 Å². The second-order valence-corrected chi connectivity index (χ2v) is 6.38. The van der Waals surface area contributed by atoms with E-state index < -0.39 is 0 Å². The number of hydrogen-bond donors (Lipinski definition) is 1. The maximum atomic E-state index is 6.21. The second kappa shape index (κ2) is 5.71. The first kappa shape index (κ1) is 12.7. The van der Waals surface area contributed by atoms with E-state index in [1.54, 1.807) is 11.3 Å². The van der Waals surface area contributed by atoms with E-state index in [0.29, 0.717) is 0 Å². The molecule has 1 nitrogen and oxygen atoms in total. The SMILES string of the molecule is Cc1cccc(SCC(N)c2ccsc2C)c1. The van der Waals surface area contributed by atoms with Crippen LogP contribution in [-0.4, -0.2) is 5.75 Å². The van der Waals surface area contributed by atoms with E-state index in [0.717, 1.165) is 5.75 Å². The molecule has 0 spiro atoms. The van der Waals surface area contributed by atoms with Gasteiger partial charge in [-0.2, -0.15) is 0 Å². The van der Waals surface area contributed by atoms with E-state index in [-0.39, 0.29) is 6.04 Å². The highest BCUT2D eigenvalue weighted by atomic mass is 32.2. The van der Waals surface area contributed by atoms with Crippen molar-refractivity contribution in [1.29, 1.82) is 0 Å². The Labute approximate surface area is 111 Å². The van der Waals surface area contributed by atoms with Gasteiger partial charge in [0.1, 0.15) is 0 Å². The molecule has 1 heterocycles. The van der Waals surface area contributed by atoms with Crippen LogP contribution in [0.15, 0.2) is 40.6 Å². The van der Waals surface area contributed by atoms with Gasteiger partial charge in [0, 0.05) is 21.6 Å². The number of benzene rings is 1. The molecule has 1 atom stereocenters. The molecule has 2 aromatic rings. The zero-order valence-electron chi connectivity index (χ0n) is 10.1. The first-order chi connectivity index (χ1) is 8.16. The van der Waals surface area contributed by atoms with Crippen molar-refractivity contribution in [2.24, 2.45) is 5.73 Å². The summed E-state index contributed by atoms with van der Waals surface area (Å²) < 4.78 is 0. The summed E-state index contributed by atoms with van der Waals surface area (Å²) in [5.74, 6) is 0.932. The van der Waals surface area contributed by atoms with Crippen molar-refractivity contribution in [1.82, 2.24) is 0 Å². The molecule has 0 bridgehead atoms. The summed E-state index contributed by atoms with van der Waals surface area (Å²) in [6, 6.07) is 10.8. The van der Waals surface area contributed by atoms with Gasteiger partial charge in [0.2, 0.25) is 0 Å². The normalized spacial score (nSPS) is 12.6. The van der Waals surface area contributed by atoms with Gasteiger partial charge in [-0.3, -0.25) is 0 Å². The molecule has 1 aromatic heterocycles. The molecule has 2 rings (SSSR count). The Bertz CT molecular complexity index is 490. The highest BCUT2D eigenvalue weighted by molar-refractivity contribution is 7.99. The lowest BCUT2D eigenvalue weighted by atomic mass is 10.1. The first-order valence-corrected chi connectivity index (χ1v) is 7.52. The largest absolute Gasteiger partial charge is 0.323 e. The van der Waals surface area contributed by atoms with Crippen molar-refractivity contribution in [3.63, 3.8) is 0 Å². The predicted octanol–water partition coefficient (Wildman–Crippen LogP) is 4.16. The molecule has 90 valence electrons. The third kappa shape index (κ3) is 3.35. The van der Waals surface area contributed by atoms with E-state index in [4.69, 9.17) is 5.73 Å². The van der Waals surface area contributed by atoms with Gasteiger partial charge in [0.05, 0.1) is 0 Å². The Kier molecular flexibility index (Phi) is 4.26. The van der Waals surface area contributed by atoms with Crippen LogP contribution in [0.2, 0.25) is 0 Å². The van der Waals surface area contributed by atoms with Gasteiger partial charge in [0.25, 0.3) is 0 Å². The Morgan fingerprint density at radius 2 is 2.12 bits per heavy atom. The lowest BCUT2D eigenvalue weighted by molar-refractivity contribution is 0.829. The molecule has 0 saturated heterocycles. The van der Waals surface area contributed by atoms with Crippen molar-refractivity contribution < 1.29 is 0 Å². The van der Waals surface area contributed by atoms with Crippen LogP contribution < -0.4 is 5.73 Å². The van der Waals surface area contributed by atoms with Crippen LogP contribution in [0.4, 0.5) is 0 Å². The molecule has 0 radical (unpaired) electrons. The minimum Gasteiger partial charge on any atom is -0.323 e. The van der Waals surface area contributed by atoms with Crippen molar-refractivity contribution in [2.75, 3.05) is 5.75 Å². The minimum absolute atomic E-state index is 0.131. The first-order valence-electron chi connectivity index (χ1n) is 5.66. The topological polar surface area (TPSA) is 26.0 Å². The van der Waals surface area contributed by atoms with Crippen molar-refractivity contribution in [3.8, 4) is 0 Å². The highest BCUT2D eigenvalue weighted by Gasteiger charge is 2.10. The number of thioether (sulfide) groups is 1. The Balaban J connectivity index is 1.97. The Hall–Kier alpha value is -0.770. The summed E-state index contributed by atoms with van der Waals surface area (Å²) in [5.41, 5.74) is 8.80. The summed E-state index contributed by atoms with van der Waals surface area (Å²) in [6.45, 7) is 4.25. The van der Waals surface area contributed by atoms with Crippen LogP contribution >= 0.6 is 23.1 Å². The van der Waals surface area contributed by atoms with E-state index >= 15 is 0 Å². The number of thiophene rings is 1.